The molecule has 4 unspecified atom stereocenters. The summed E-state index contributed by atoms with van der Waals surface area (Å²) in [5, 5.41) is 24.4. The standard InChI is InChI=1S/C27H37NO2.C25H33NO3/c1-28(2)21-25-14-8-7-13-24(20-23-15-17-26(30-3)18-16-23)27(25,29)19-9-12-22-10-5-4-6-11-22;1-26(2)18-22-9-6-5-8-20(16-19-12-14-23(28-3)15-13-19)25(22,27)21-10-7-11-24(17-21)29-4/h4-6,10-11,15-18,20,25,29H,7-9,12-14,19,21H2,1-3H3;7,10-17,22,27H,5-6,8-9,18H2,1-4H3. The predicted octanol–water partition coefficient (Wildman–Crippen LogP) is 10.3. The van der Waals surface area contributed by atoms with E-state index in [4.69, 9.17) is 14.2 Å². The van der Waals surface area contributed by atoms with E-state index in [1.54, 1.807) is 21.3 Å². The van der Waals surface area contributed by atoms with Crippen molar-refractivity contribution in [2.24, 2.45) is 11.8 Å². The van der Waals surface area contributed by atoms with Gasteiger partial charge in [-0.3, -0.25) is 0 Å². The van der Waals surface area contributed by atoms with E-state index in [-0.39, 0.29) is 11.8 Å². The van der Waals surface area contributed by atoms with Crippen LogP contribution in [0.5, 0.6) is 17.2 Å². The molecule has 59 heavy (non-hydrogen) atoms. The fraction of sp³-hybridized carbons (Fsp3) is 0.462. The fourth-order valence-electron chi connectivity index (χ4n) is 9.17. The lowest BCUT2D eigenvalue weighted by molar-refractivity contribution is -0.00392. The molecule has 4 atom stereocenters. The number of methoxy groups -OCH3 is 3. The van der Waals surface area contributed by atoms with E-state index in [2.05, 4.69) is 92.6 Å². The topological polar surface area (TPSA) is 74.6 Å². The molecule has 6 rings (SSSR count). The summed E-state index contributed by atoms with van der Waals surface area (Å²) in [6.07, 6.45) is 15.6. The lowest BCUT2D eigenvalue weighted by Crippen LogP contribution is -2.44. The minimum absolute atomic E-state index is 0.108. The molecule has 0 saturated heterocycles. The zero-order chi connectivity index (χ0) is 42.3. The molecule has 0 bridgehead atoms. The Balaban J connectivity index is 0.000000224. The predicted molar refractivity (Wildman–Crippen MR) is 244 cm³/mol. The molecule has 0 aromatic heterocycles. The van der Waals surface area contributed by atoms with Crippen LogP contribution in [-0.2, 0) is 12.0 Å². The Morgan fingerprint density at radius 1 is 0.593 bits per heavy atom. The summed E-state index contributed by atoms with van der Waals surface area (Å²) in [4.78, 5) is 4.40. The quantitative estimate of drug-likeness (QED) is 0.123. The zero-order valence-electron chi connectivity index (χ0n) is 36.8. The van der Waals surface area contributed by atoms with Crippen LogP contribution in [0.15, 0.2) is 114 Å². The van der Waals surface area contributed by atoms with Crippen LogP contribution in [0.3, 0.4) is 0 Å². The first kappa shape index (κ1) is 45.7. The van der Waals surface area contributed by atoms with Gasteiger partial charge in [0.15, 0.2) is 0 Å². The molecular formula is C52H70N2O5. The van der Waals surface area contributed by atoms with Crippen LogP contribution in [0.4, 0.5) is 0 Å². The van der Waals surface area contributed by atoms with Gasteiger partial charge in [0.25, 0.3) is 0 Å². The number of aliphatic hydroxyl groups is 2. The van der Waals surface area contributed by atoms with E-state index in [0.29, 0.717) is 0 Å². The van der Waals surface area contributed by atoms with Gasteiger partial charge in [-0.15, -0.1) is 0 Å². The summed E-state index contributed by atoms with van der Waals surface area (Å²) in [5.74, 6) is 2.84. The van der Waals surface area contributed by atoms with Gasteiger partial charge < -0.3 is 34.2 Å². The molecule has 2 aliphatic rings. The minimum Gasteiger partial charge on any atom is -0.497 e. The monoisotopic (exact) mass is 803 g/mol. The molecular weight excluding hydrogens is 733 g/mol. The highest BCUT2D eigenvalue weighted by Crippen LogP contribution is 2.46. The molecule has 2 aliphatic carbocycles. The Labute approximate surface area is 355 Å². The first-order valence-electron chi connectivity index (χ1n) is 21.6. The second-order valence-corrected chi connectivity index (χ2v) is 17.1. The third kappa shape index (κ3) is 12.6. The van der Waals surface area contributed by atoms with E-state index in [0.717, 1.165) is 117 Å². The van der Waals surface area contributed by atoms with Gasteiger partial charge in [-0.2, -0.15) is 0 Å². The van der Waals surface area contributed by atoms with Crippen molar-refractivity contribution in [1.82, 2.24) is 9.80 Å². The summed E-state index contributed by atoms with van der Waals surface area (Å²) in [7, 11) is 13.4. The van der Waals surface area contributed by atoms with Crippen LogP contribution in [0.25, 0.3) is 12.2 Å². The van der Waals surface area contributed by atoms with Crippen molar-refractivity contribution in [3.63, 3.8) is 0 Å². The van der Waals surface area contributed by atoms with Crippen molar-refractivity contribution in [3.8, 4) is 17.2 Å². The van der Waals surface area contributed by atoms with Crippen molar-refractivity contribution < 1.29 is 24.4 Å². The summed E-state index contributed by atoms with van der Waals surface area (Å²) >= 11 is 0. The highest BCUT2D eigenvalue weighted by atomic mass is 16.5. The van der Waals surface area contributed by atoms with Gasteiger partial charge >= 0.3 is 0 Å². The van der Waals surface area contributed by atoms with Gasteiger partial charge in [-0.25, -0.2) is 0 Å². The van der Waals surface area contributed by atoms with Crippen molar-refractivity contribution >= 4 is 12.2 Å². The number of hydrogen-bond acceptors (Lipinski definition) is 7. The lowest BCUT2D eigenvalue weighted by atomic mass is 9.74. The summed E-state index contributed by atoms with van der Waals surface area (Å²) in [5.41, 5.74) is 4.95. The Morgan fingerprint density at radius 2 is 1.12 bits per heavy atom. The van der Waals surface area contributed by atoms with E-state index >= 15 is 0 Å². The lowest BCUT2D eigenvalue weighted by Gasteiger charge is -2.39. The van der Waals surface area contributed by atoms with Gasteiger partial charge in [0.2, 0.25) is 0 Å². The van der Waals surface area contributed by atoms with Crippen LogP contribution in [0, 0.1) is 11.8 Å². The van der Waals surface area contributed by atoms with Crippen LogP contribution in [0.1, 0.15) is 86.5 Å². The molecule has 0 aliphatic heterocycles. The Bertz CT molecular complexity index is 1910. The molecule has 2 fully saturated rings. The molecule has 318 valence electrons. The first-order valence-corrected chi connectivity index (χ1v) is 21.6. The van der Waals surface area contributed by atoms with Gasteiger partial charge in [0.05, 0.1) is 26.9 Å². The minimum atomic E-state index is -1.03. The number of hydrogen-bond donors (Lipinski definition) is 2. The van der Waals surface area contributed by atoms with Crippen molar-refractivity contribution in [2.75, 3.05) is 62.6 Å². The molecule has 4 aromatic carbocycles. The third-order valence-electron chi connectivity index (χ3n) is 12.3. The highest BCUT2D eigenvalue weighted by Gasteiger charge is 2.43. The van der Waals surface area contributed by atoms with Gasteiger partial charge in [-0.1, -0.05) is 91.7 Å². The summed E-state index contributed by atoms with van der Waals surface area (Å²) in [6, 6.07) is 34.7. The summed E-state index contributed by atoms with van der Waals surface area (Å²) in [6.45, 7) is 1.75. The Hall–Kier alpha value is -4.40. The normalized spacial score (nSPS) is 23.6. The third-order valence-corrected chi connectivity index (χ3v) is 12.3. The molecule has 0 radical (unpaired) electrons. The molecule has 7 heteroatoms. The Morgan fingerprint density at radius 3 is 1.68 bits per heavy atom. The average molecular weight is 803 g/mol. The van der Waals surface area contributed by atoms with E-state index in [1.165, 1.54) is 17.6 Å². The number of benzene rings is 4. The average Bonchev–Trinajstić information content (AvgIpc) is 3.49. The van der Waals surface area contributed by atoms with Gasteiger partial charge in [0, 0.05) is 24.9 Å². The second-order valence-electron chi connectivity index (χ2n) is 17.1. The fourth-order valence-corrected chi connectivity index (χ4v) is 9.17. The number of rotatable bonds is 14. The maximum Gasteiger partial charge on any atom is 0.119 e. The molecule has 0 amide bonds. The number of ether oxygens (including phenoxy) is 3. The van der Waals surface area contributed by atoms with Crippen LogP contribution >= 0.6 is 0 Å². The van der Waals surface area contributed by atoms with Crippen LogP contribution in [-0.4, -0.2) is 88.2 Å². The smallest absolute Gasteiger partial charge is 0.119 e. The number of aryl methyl sites for hydroxylation is 1. The highest BCUT2D eigenvalue weighted by molar-refractivity contribution is 5.59. The maximum absolute atomic E-state index is 12.3. The van der Waals surface area contributed by atoms with Crippen molar-refractivity contribution in [1.29, 1.82) is 0 Å². The maximum atomic E-state index is 12.3. The van der Waals surface area contributed by atoms with Crippen molar-refractivity contribution in [3.05, 3.63) is 137 Å². The first-order chi connectivity index (χ1) is 28.5. The number of nitrogens with zero attached hydrogens (tertiary/aromatic N) is 2. The van der Waals surface area contributed by atoms with E-state index in [1.807, 2.05) is 60.7 Å². The zero-order valence-corrected chi connectivity index (χ0v) is 36.8. The van der Waals surface area contributed by atoms with Crippen molar-refractivity contribution in [2.45, 2.75) is 81.8 Å². The second kappa shape index (κ2) is 22.3. The molecule has 0 heterocycles. The molecule has 0 spiro atoms. The van der Waals surface area contributed by atoms with Gasteiger partial charge in [-0.05, 0) is 156 Å². The summed E-state index contributed by atoms with van der Waals surface area (Å²) < 4.78 is 16.0. The Kier molecular flexibility index (Phi) is 17.2. The molecule has 4 aromatic rings. The van der Waals surface area contributed by atoms with Crippen LogP contribution < -0.4 is 14.2 Å². The molecule has 2 saturated carbocycles. The largest absolute Gasteiger partial charge is 0.497 e. The SMILES string of the molecule is COc1ccc(C=C2CCCCC(CN(C)C)C2(O)CCCc2ccccc2)cc1.COc1ccc(C=C2CCCCC(CN(C)C)C2(O)c2cccc(OC)c2)cc1. The van der Waals surface area contributed by atoms with Crippen LogP contribution in [0.2, 0.25) is 0 Å². The molecule has 7 nitrogen and oxygen atoms in total. The van der Waals surface area contributed by atoms with Gasteiger partial charge in [0.1, 0.15) is 22.8 Å². The van der Waals surface area contributed by atoms with E-state index < -0.39 is 11.2 Å². The molecule has 2 N–H and O–H groups in total. The van der Waals surface area contributed by atoms with E-state index in [9.17, 15) is 10.2 Å².